The van der Waals surface area contributed by atoms with Gasteiger partial charge in [0.25, 0.3) is 0 Å². The maximum Gasteiger partial charge on any atom is 0.307 e. The Morgan fingerprint density at radius 2 is 1.81 bits per heavy atom. The number of benzene rings is 1. The summed E-state index contributed by atoms with van der Waals surface area (Å²) in [5.74, 6) is -0.631. The average Bonchev–Trinajstić information content (AvgIpc) is 3.16. The average molecular weight is 378 g/mol. The van der Waals surface area contributed by atoms with Gasteiger partial charge in [-0.2, -0.15) is 0 Å². The van der Waals surface area contributed by atoms with Crippen molar-refractivity contribution in [1.82, 2.24) is 9.80 Å². The Bertz CT molecular complexity index is 586. The lowest BCUT2D eigenvalue weighted by Gasteiger charge is -2.23. The van der Waals surface area contributed by atoms with Crippen LogP contribution in [0.15, 0.2) is 24.3 Å². The lowest BCUT2D eigenvalue weighted by Crippen LogP contribution is -2.35. The molecule has 2 rings (SSSR count). The number of rotatable bonds is 11. The zero-order chi connectivity index (χ0) is 19.5. The summed E-state index contributed by atoms with van der Waals surface area (Å²) in [6.07, 6.45) is 4.93. The monoisotopic (exact) mass is 378 g/mol. The fourth-order valence-corrected chi connectivity index (χ4v) is 3.35. The minimum atomic E-state index is -0.313. The van der Waals surface area contributed by atoms with Gasteiger partial charge in [0.05, 0.1) is 19.4 Å². The second-order valence-corrected chi connectivity index (χ2v) is 6.99. The third-order valence-electron chi connectivity index (χ3n) is 4.86. The minimum Gasteiger partial charge on any atom is -0.466 e. The summed E-state index contributed by atoms with van der Waals surface area (Å²) in [5, 5.41) is 0. The standard InChI is InChI=1S/C21H31FN2O3/c1-2-27-21(26)11-16-24(15-6-5-14-23-12-3-4-13-23)20(25)17-18-7-9-19(22)10-8-18/h7-10H,2-6,11-17H2,1H3. The minimum absolute atomic E-state index is 0.0351. The van der Waals surface area contributed by atoms with E-state index in [-0.39, 0.29) is 30.5 Å². The summed E-state index contributed by atoms with van der Waals surface area (Å²) in [6.45, 7) is 6.53. The van der Waals surface area contributed by atoms with E-state index >= 15 is 0 Å². The Morgan fingerprint density at radius 1 is 1.11 bits per heavy atom. The van der Waals surface area contributed by atoms with Gasteiger partial charge < -0.3 is 14.5 Å². The van der Waals surface area contributed by atoms with Crippen LogP contribution in [0, 0.1) is 5.82 Å². The Morgan fingerprint density at radius 3 is 2.48 bits per heavy atom. The van der Waals surface area contributed by atoms with Crippen molar-refractivity contribution in [3.05, 3.63) is 35.6 Å². The summed E-state index contributed by atoms with van der Waals surface area (Å²) >= 11 is 0. The summed E-state index contributed by atoms with van der Waals surface area (Å²) in [6, 6.07) is 5.98. The van der Waals surface area contributed by atoms with Crippen molar-refractivity contribution < 1.29 is 18.7 Å². The van der Waals surface area contributed by atoms with E-state index < -0.39 is 0 Å². The van der Waals surface area contributed by atoms with Crippen LogP contribution in [0.3, 0.4) is 0 Å². The van der Waals surface area contributed by atoms with Crippen LogP contribution < -0.4 is 0 Å². The number of halogens is 1. The van der Waals surface area contributed by atoms with Crippen molar-refractivity contribution in [2.24, 2.45) is 0 Å². The molecule has 0 radical (unpaired) electrons. The molecule has 1 aliphatic rings. The Labute approximate surface area is 161 Å². The number of hydrogen-bond acceptors (Lipinski definition) is 4. The highest BCUT2D eigenvalue weighted by Gasteiger charge is 2.17. The maximum atomic E-state index is 13.0. The molecule has 1 aromatic rings. The summed E-state index contributed by atoms with van der Waals surface area (Å²) in [5.41, 5.74) is 0.777. The van der Waals surface area contributed by atoms with Gasteiger partial charge in [0.15, 0.2) is 0 Å². The predicted molar refractivity (Wildman–Crippen MR) is 103 cm³/mol. The SMILES string of the molecule is CCOC(=O)CCN(CCCCN1CCCC1)C(=O)Cc1ccc(F)cc1. The second kappa shape index (κ2) is 11.7. The number of ether oxygens (including phenoxy) is 1. The second-order valence-electron chi connectivity index (χ2n) is 6.99. The zero-order valence-corrected chi connectivity index (χ0v) is 16.3. The van der Waals surface area contributed by atoms with Crippen molar-refractivity contribution in [3.8, 4) is 0 Å². The molecule has 0 spiro atoms. The first kappa shape index (κ1) is 21.4. The third-order valence-corrected chi connectivity index (χ3v) is 4.86. The lowest BCUT2D eigenvalue weighted by molar-refractivity contribution is -0.144. The number of carbonyl (C=O) groups excluding carboxylic acids is 2. The highest BCUT2D eigenvalue weighted by atomic mass is 19.1. The number of unbranched alkanes of at least 4 members (excludes halogenated alkanes) is 1. The van der Waals surface area contributed by atoms with Gasteiger partial charge in [-0.3, -0.25) is 9.59 Å². The lowest BCUT2D eigenvalue weighted by atomic mass is 10.1. The third kappa shape index (κ3) is 8.08. The number of amides is 1. The topological polar surface area (TPSA) is 49.9 Å². The summed E-state index contributed by atoms with van der Waals surface area (Å²) in [7, 11) is 0. The van der Waals surface area contributed by atoms with Gasteiger partial charge in [-0.1, -0.05) is 12.1 Å². The smallest absolute Gasteiger partial charge is 0.307 e. The molecule has 1 aromatic carbocycles. The molecular weight excluding hydrogens is 347 g/mol. The molecule has 0 aliphatic carbocycles. The fourth-order valence-electron chi connectivity index (χ4n) is 3.35. The van der Waals surface area contributed by atoms with Crippen molar-refractivity contribution in [3.63, 3.8) is 0 Å². The molecule has 0 N–H and O–H groups in total. The Balaban J connectivity index is 1.83. The van der Waals surface area contributed by atoms with E-state index in [1.807, 2.05) is 0 Å². The van der Waals surface area contributed by atoms with Gasteiger partial charge in [-0.25, -0.2) is 4.39 Å². The van der Waals surface area contributed by atoms with Crippen LogP contribution in [0.1, 0.15) is 44.6 Å². The van der Waals surface area contributed by atoms with E-state index in [0.717, 1.165) is 24.9 Å². The first-order valence-corrected chi connectivity index (χ1v) is 9.98. The number of hydrogen-bond donors (Lipinski definition) is 0. The van der Waals surface area contributed by atoms with E-state index in [1.165, 1.54) is 38.1 Å². The molecule has 0 atom stereocenters. The molecule has 5 nitrogen and oxygen atoms in total. The molecule has 1 saturated heterocycles. The van der Waals surface area contributed by atoms with E-state index in [1.54, 1.807) is 24.0 Å². The van der Waals surface area contributed by atoms with Gasteiger partial charge in [-0.15, -0.1) is 0 Å². The van der Waals surface area contributed by atoms with Gasteiger partial charge in [0, 0.05) is 13.1 Å². The molecule has 0 unspecified atom stereocenters. The van der Waals surface area contributed by atoms with Crippen molar-refractivity contribution >= 4 is 11.9 Å². The quantitative estimate of drug-likeness (QED) is 0.439. The van der Waals surface area contributed by atoms with Crippen molar-refractivity contribution in [2.75, 3.05) is 39.3 Å². The number of esters is 1. The molecule has 1 aliphatic heterocycles. The molecule has 1 fully saturated rings. The molecule has 0 bridgehead atoms. The number of carbonyl (C=O) groups is 2. The van der Waals surface area contributed by atoms with Crippen LogP contribution >= 0.6 is 0 Å². The van der Waals surface area contributed by atoms with Gasteiger partial charge >= 0.3 is 5.97 Å². The van der Waals surface area contributed by atoms with Crippen LogP contribution in [0.4, 0.5) is 4.39 Å². The van der Waals surface area contributed by atoms with Gasteiger partial charge in [0.1, 0.15) is 5.82 Å². The molecular formula is C21H31FN2O3. The molecule has 1 heterocycles. The van der Waals surface area contributed by atoms with Gasteiger partial charge in [0.2, 0.25) is 5.91 Å². The Kier molecular flexibility index (Phi) is 9.25. The number of nitrogens with zero attached hydrogens (tertiary/aromatic N) is 2. The van der Waals surface area contributed by atoms with Crippen LogP contribution in [0.2, 0.25) is 0 Å². The first-order valence-electron chi connectivity index (χ1n) is 9.98. The zero-order valence-electron chi connectivity index (χ0n) is 16.3. The normalized spacial score (nSPS) is 14.3. The van der Waals surface area contributed by atoms with Crippen LogP contribution in [-0.4, -0.2) is 61.0 Å². The maximum absolute atomic E-state index is 13.0. The molecule has 150 valence electrons. The number of likely N-dealkylation sites (tertiary alicyclic amines) is 1. The molecule has 6 heteroatoms. The highest BCUT2D eigenvalue weighted by molar-refractivity contribution is 5.79. The Hall–Kier alpha value is -1.95. The van der Waals surface area contributed by atoms with Gasteiger partial charge in [-0.05, 0) is 69.9 Å². The molecule has 0 aromatic heterocycles. The summed E-state index contributed by atoms with van der Waals surface area (Å²) < 4.78 is 18.0. The molecule has 27 heavy (non-hydrogen) atoms. The van der Waals surface area contributed by atoms with Crippen LogP contribution in [-0.2, 0) is 20.7 Å². The summed E-state index contributed by atoms with van der Waals surface area (Å²) in [4.78, 5) is 28.6. The van der Waals surface area contributed by atoms with Crippen LogP contribution in [0.5, 0.6) is 0 Å². The van der Waals surface area contributed by atoms with E-state index in [2.05, 4.69) is 4.90 Å². The highest BCUT2D eigenvalue weighted by Crippen LogP contribution is 2.10. The van der Waals surface area contributed by atoms with Crippen molar-refractivity contribution in [2.45, 2.75) is 45.4 Å². The van der Waals surface area contributed by atoms with E-state index in [4.69, 9.17) is 4.74 Å². The first-order chi connectivity index (χ1) is 13.1. The van der Waals surface area contributed by atoms with E-state index in [9.17, 15) is 14.0 Å². The largest absolute Gasteiger partial charge is 0.466 e. The molecule has 1 amide bonds. The van der Waals surface area contributed by atoms with Crippen LogP contribution in [0.25, 0.3) is 0 Å². The van der Waals surface area contributed by atoms with E-state index in [0.29, 0.717) is 19.7 Å². The predicted octanol–water partition coefficient (Wildman–Crippen LogP) is 3.03. The fraction of sp³-hybridized carbons (Fsp3) is 0.619. The molecule has 0 saturated carbocycles. The van der Waals surface area contributed by atoms with Crippen molar-refractivity contribution in [1.29, 1.82) is 0 Å².